The van der Waals surface area contributed by atoms with Gasteiger partial charge in [0.05, 0.1) is 39.0 Å². The van der Waals surface area contributed by atoms with Crippen LogP contribution in [0, 0.1) is 5.92 Å². The lowest BCUT2D eigenvalue weighted by molar-refractivity contribution is -0.175. The van der Waals surface area contributed by atoms with Crippen molar-refractivity contribution in [3.8, 4) is 11.5 Å². The van der Waals surface area contributed by atoms with E-state index in [2.05, 4.69) is 0 Å². The summed E-state index contributed by atoms with van der Waals surface area (Å²) in [5, 5.41) is 11.9. The summed E-state index contributed by atoms with van der Waals surface area (Å²) in [6.45, 7) is 1.20. The van der Waals surface area contributed by atoms with Gasteiger partial charge in [-0.05, 0) is 23.8 Å². The molecule has 2 heterocycles. The summed E-state index contributed by atoms with van der Waals surface area (Å²) in [6.07, 6.45) is 0. The van der Waals surface area contributed by atoms with Crippen LogP contribution in [0.1, 0.15) is 23.2 Å². The molecule has 1 N–H and O–H groups in total. The smallest absolute Gasteiger partial charge is 0.124 e. The lowest BCUT2D eigenvalue weighted by atomic mass is 9.90. The third-order valence-electron chi connectivity index (χ3n) is 4.81. The third kappa shape index (κ3) is 2.55. The predicted octanol–water partition coefficient (Wildman–Crippen LogP) is 2.73. The van der Waals surface area contributed by atoms with Crippen LogP contribution in [0.4, 0.5) is 0 Å². The zero-order valence-electron chi connectivity index (χ0n) is 13.6. The van der Waals surface area contributed by atoms with E-state index in [0.29, 0.717) is 13.2 Å². The van der Waals surface area contributed by atoms with Crippen LogP contribution in [0.5, 0.6) is 11.5 Å². The highest BCUT2D eigenvalue weighted by atomic mass is 16.7. The van der Waals surface area contributed by atoms with Crippen molar-refractivity contribution in [3.63, 3.8) is 0 Å². The summed E-state index contributed by atoms with van der Waals surface area (Å²) < 4.78 is 11.3. The van der Waals surface area contributed by atoms with Crippen LogP contribution >= 0.6 is 0 Å². The molecular weight excluding hydrogens is 306 g/mol. The molecule has 0 unspecified atom stereocenters. The molecule has 2 aliphatic heterocycles. The number of aliphatic hydroxyl groups is 1. The van der Waals surface area contributed by atoms with Gasteiger partial charge < -0.3 is 14.6 Å². The highest BCUT2D eigenvalue weighted by Crippen LogP contribution is 2.47. The number of hydroxylamine groups is 2. The van der Waals surface area contributed by atoms with Crippen LogP contribution in [0.2, 0.25) is 0 Å². The second-order valence-electron chi connectivity index (χ2n) is 6.18. The zero-order valence-corrected chi connectivity index (χ0v) is 13.6. The van der Waals surface area contributed by atoms with Gasteiger partial charge in [-0.25, -0.2) is 0 Å². The number of aliphatic hydroxyl groups excluding tert-OH is 1. The van der Waals surface area contributed by atoms with E-state index < -0.39 is 0 Å². The Morgan fingerprint density at radius 1 is 1.21 bits per heavy atom. The van der Waals surface area contributed by atoms with Gasteiger partial charge in [-0.15, -0.1) is 0 Å². The van der Waals surface area contributed by atoms with E-state index in [0.717, 1.165) is 22.6 Å². The van der Waals surface area contributed by atoms with Gasteiger partial charge >= 0.3 is 0 Å². The summed E-state index contributed by atoms with van der Waals surface area (Å²) in [5.41, 5.74) is 2.09. The minimum absolute atomic E-state index is 0.00656. The number of hydrogen-bond acceptors (Lipinski definition) is 5. The van der Waals surface area contributed by atoms with E-state index in [1.165, 1.54) is 0 Å². The molecule has 3 atom stereocenters. The molecule has 1 fully saturated rings. The van der Waals surface area contributed by atoms with E-state index in [-0.39, 0.29) is 24.6 Å². The Morgan fingerprint density at radius 3 is 2.79 bits per heavy atom. The van der Waals surface area contributed by atoms with Crippen LogP contribution in [0.3, 0.4) is 0 Å². The summed E-state index contributed by atoms with van der Waals surface area (Å²) in [7, 11) is 1.66. The van der Waals surface area contributed by atoms with Gasteiger partial charge in [-0.1, -0.05) is 30.3 Å². The topological polar surface area (TPSA) is 51.2 Å². The van der Waals surface area contributed by atoms with Gasteiger partial charge in [0.2, 0.25) is 0 Å². The maximum atomic E-state index is 10.0. The minimum atomic E-state index is -0.210. The van der Waals surface area contributed by atoms with Crippen molar-refractivity contribution in [1.29, 1.82) is 0 Å². The second-order valence-corrected chi connectivity index (χ2v) is 6.18. The number of methoxy groups -OCH3 is 1. The number of ether oxygens (including phenoxy) is 2. The lowest BCUT2D eigenvalue weighted by Crippen LogP contribution is -2.34. The summed E-state index contributed by atoms with van der Waals surface area (Å²) in [6, 6.07) is 15.6. The highest BCUT2D eigenvalue weighted by Gasteiger charge is 2.45. The number of benzene rings is 2. The van der Waals surface area contributed by atoms with E-state index >= 15 is 0 Å². The van der Waals surface area contributed by atoms with Gasteiger partial charge in [0, 0.05) is 11.5 Å². The van der Waals surface area contributed by atoms with E-state index in [4.69, 9.17) is 14.3 Å². The summed E-state index contributed by atoms with van der Waals surface area (Å²) in [4.78, 5) is 5.99. The van der Waals surface area contributed by atoms with E-state index in [1.807, 2.05) is 53.6 Å². The second kappa shape index (κ2) is 6.43. The molecule has 24 heavy (non-hydrogen) atoms. The van der Waals surface area contributed by atoms with Crippen molar-refractivity contribution in [1.82, 2.24) is 5.06 Å². The molecule has 2 aromatic carbocycles. The molecular formula is C19H21NO4. The molecule has 0 aromatic heterocycles. The number of fused-ring (bicyclic) bond motifs is 3. The van der Waals surface area contributed by atoms with Gasteiger partial charge in [-0.3, -0.25) is 4.84 Å². The highest BCUT2D eigenvalue weighted by molar-refractivity contribution is 5.44. The number of nitrogens with zero attached hydrogens (tertiary/aromatic N) is 1. The first kappa shape index (κ1) is 15.4. The van der Waals surface area contributed by atoms with Crippen molar-refractivity contribution in [2.75, 3.05) is 26.9 Å². The lowest BCUT2D eigenvalue weighted by Gasteiger charge is -2.35. The molecule has 4 rings (SSSR count). The Balaban J connectivity index is 1.72. The third-order valence-corrected chi connectivity index (χ3v) is 4.81. The zero-order chi connectivity index (χ0) is 16.5. The average Bonchev–Trinajstić information content (AvgIpc) is 3.07. The maximum absolute atomic E-state index is 10.0. The van der Waals surface area contributed by atoms with E-state index in [9.17, 15) is 5.11 Å². The molecule has 126 valence electrons. The molecule has 0 radical (unpaired) electrons. The molecule has 5 heteroatoms. The van der Waals surface area contributed by atoms with Crippen molar-refractivity contribution in [2.24, 2.45) is 5.92 Å². The van der Waals surface area contributed by atoms with Crippen LogP contribution in [-0.2, 0) is 4.84 Å². The SMILES string of the molecule is COc1ccc2c(c1)[C@H]1[C@@H](CO2)CON1[C@@H](CO)c1ccccc1. The van der Waals surface area contributed by atoms with Crippen LogP contribution in [-0.4, -0.2) is 37.1 Å². The Hall–Kier alpha value is -2.08. The standard InChI is InChI=1S/C19H21NO4/c1-22-15-7-8-18-16(9-15)19-14(11-23-18)12-24-20(19)17(10-21)13-5-3-2-4-6-13/h2-9,14,17,19,21H,10-12H2,1H3/t14-,17-,19+/m0/s1. The normalized spacial score (nSPS) is 23.9. The van der Waals surface area contributed by atoms with Gasteiger partial charge in [0.25, 0.3) is 0 Å². The average molecular weight is 327 g/mol. The monoisotopic (exact) mass is 327 g/mol. The molecule has 0 saturated carbocycles. The van der Waals surface area contributed by atoms with Crippen LogP contribution < -0.4 is 9.47 Å². The largest absolute Gasteiger partial charge is 0.497 e. The molecule has 5 nitrogen and oxygen atoms in total. The first-order valence-corrected chi connectivity index (χ1v) is 8.19. The predicted molar refractivity (Wildman–Crippen MR) is 88.8 cm³/mol. The van der Waals surface area contributed by atoms with Crippen molar-refractivity contribution < 1.29 is 19.4 Å². The van der Waals surface area contributed by atoms with Gasteiger partial charge in [0.1, 0.15) is 11.5 Å². The van der Waals surface area contributed by atoms with Crippen molar-refractivity contribution in [3.05, 3.63) is 59.7 Å². The Morgan fingerprint density at radius 2 is 2.04 bits per heavy atom. The Labute approximate surface area is 141 Å². The Bertz CT molecular complexity index is 706. The van der Waals surface area contributed by atoms with Gasteiger partial charge in [0.15, 0.2) is 0 Å². The molecule has 0 aliphatic carbocycles. The van der Waals surface area contributed by atoms with Crippen LogP contribution in [0.15, 0.2) is 48.5 Å². The Kier molecular flexibility index (Phi) is 4.14. The van der Waals surface area contributed by atoms with E-state index in [1.54, 1.807) is 7.11 Å². The number of hydrogen-bond donors (Lipinski definition) is 1. The fourth-order valence-corrected chi connectivity index (χ4v) is 3.60. The fourth-order valence-electron chi connectivity index (χ4n) is 3.60. The van der Waals surface area contributed by atoms with Gasteiger partial charge in [-0.2, -0.15) is 5.06 Å². The maximum Gasteiger partial charge on any atom is 0.124 e. The number of rotatable bonds is 4. The van der Waals surface area contributed by atoms with Crippen LogP contribution in [0.25, 0.3) is 0 Å². The molecule has 0 spiro atoms. The first-order chi connectivity index (χ1) is 11.8. The summed E-state index contributed by atoms with van der Waals surface area (Å²) >= 11 is 0. The molecule has 0 amide bonds. The molecule has 2 aliphatic rings. The minimum Gasteiger partial charge on any atom is -0.497 e. The molecule has 1 saturated heterocycles. The molecule has 2 aromatic rings. The fraction of sp³-hybridized carbons (Fsp3) is 0.368. The molecule has 0 bridgehead atoms. The van der Waals surface area contributed by atoms with Crippen molar-refractivity contribution >= 4 is 0 Å². The summed E-state index contributed by atoms with van der Waals surface area (Å²) in [5.74, 6) is 1.89. The first-order valence-electron chi connectivity index (χ1n) is 8.19. The quantitative estimate of drug-likeness (QED) is 0.936. The van der Waals surface area contributed by atoms with Crippen molar-refractivity contribution in [2.45, 2.75) is 12.1 Å².